The van der Waals surface area contributed by atoms with Crippen LogP contribution in [0.15, 0.2) is 0 Å². The average molecular weight is 230 g/mol. The van der Waals surface area contributed by atoms with Crippen LogP contribution in [0.3, 0.4) is 0 Å². The molecule has 0 heterocycles. The Morgan fingerprint density at radius 1 is 1.38 bits per heavy atom. The van der Waals surface area contributed by atoms with Gasteiger partial charge in [-0.2, -0.15) is 0 Å². The van der Waals surface area contributed by atoms with E-state index in [1.807, 2.05) is 0 Å². The van der Waals surface area contributed by atoms with Crippen LogP contribution in [-0.4, -0.2) is 23.7 Å². The normalized spacial score (nSPS) is 14.6. The van der Waals surface area contributed by atoms with Gasteiger partial charge >= 0.3 is 11.9 Å². The molecule has 0 aliphatic heterocycles. The van der Waals surface area contributed by atoms with Gasteiger partial charge in [-0.05, 0) is 26.2 Å². The van der Waals surface area contributed by atoms with Crippen molar-refractivity contribution in [2.45, 2.75) is 47.0 Å². The number of carbonyl (C=O) groups excluding carboxylic acids is 1. The van der Waals surface area contributed by atoms with Gasteiger partial charge in [0, 0.05) is 0 Å². The summed E-state index contributed by atoms with van der Waals surface area (Å²) in [6.07, 6.45) is 1.97. The van der Waals surface area contributed by atoms with E-state index in [9.17, 15) is 9.59 Å². The van der Waals surface area contributed by atoms with Crippen LogP contribution in [0.4, 0.5) is 0 Å². The summed E-state index contributed by atoms with van der Waals surface area (Å²) in [4.78, 5) is 22.7. The van der Waals surface area contributed by atoms with Crippen LogP contribution in [0.2, 0.25) is 0 Å². The molecule has 0 amide bonds. The van der Waals surface area contributed by atoms with Gasteiger partial charge in [-0.25, -0.2) is 0 Å². The fourth-order valence-electron chi connectivity index (χ4n) is 1.45. The Kier molecular flexibility index (Phi) is 6.08. The highest BCUT2D eigenvalue weighted by Crippen LogP contribution is 2.27. The summed E-state index contributed by atoms with van der Waals surface area (Å²) in [5.74, 6) is -1.22. The van der Waals surface area contributed by atoms with Crippen molar-refractivity contribution >= 4 is 11.9 Å². The zero-order valence-electron chi connectivity index (χ0n) is 10.6. The molecule has 16 heavy (non-hydrogen) atoms. The highest BCUT2D eigenvalue weighted by atomic mass is 16.5. The van der Waals surface area contributed by atoms with Gasteiger partial charge in [0.1, 0.15) is 0 Å². The summed E-state index contributed by atoms with van der Waals surface area (Å²) in [6, 6.07) is 0. The van der Waals surface area contributed by atoms with Crippen molar-refractivity contribution in [1.29, 1.82) is 0 Å². The Labute approximate surface area is 97.0 Å². The maximum absolute atomic E-state index is 11.6. The van der Waals surface area contributed by atoms with Gasteiger partial charge in [0.2, 0.25) is 0 Å². The number of esters is 1. The number of carboxylic acids is 1. The number of hydrogen-bond donors (Lipinski definition) is 1. The van der Waals surface area contributed by atoms with Crippen molar-refractivity contribution in [3.8, 4) is 0 Å². The lowest BCUT2D eigenvalue weighted by molar-refractivity contribution is -0.167. The zero-order valence-corrected chi connectivity index (χ0v) is 10.6. The first-order chi connectivity index (χ1) is 7.34. The number of aliphatic carboxylic acids is 1. The minimum Gasteiger partial charge on any atom is -0.480 e. The molecule has 0 aliphatic rings. The van der Waals surface area contributed by atoms with Crippen LogP contribution in [0.5, 0.6) is 0 Å². The highest BCUT2D eigenvalue weighted by molar-refractivity contribution is 5.98. The SMILES string of the molecule is CCOC(=O)C(C)(CCCC(C)C)C(=O)O. The van der Waals surface area contributed by atoms with Crippen molar-refractivity contribution in [3.63, 3.8) is 0 Å². The Morgan fingerprint density at radius 3 is 2.31 bits per heavy atom. The molecule has 1 unspecified atom stereocenters. The minimum absolute atomic E-state index is 0.214. The van der Waals surface area contributed by atoms with E-state index < -0.39 is 17.4 Å². The standard InChI is InChI=1S/C12H22O4/c1-5-16-11(15)12(4,10(13)14)8-6-7-9(2)3/h9H,5-8H2,1-4H3,(H,13,14). The van der Waals surface area contributed by atoms with Gasteiger partial charge in [-0.3, -0.25) is 9.59 Å². The van der Waals surface area contributed by atoms with Crippen LogP contribution in [0.1, 0.15) is 47.0 Å². The van der Waals surface area contributed by atoms with Crippen LogP contribution < -0.4 is 0 Å². The molecular weight excluding hydrogens is 208 g/mol. The lowest BCUT2D eigenvalue weighted by Crippen LogP contribution is -2.38. The van der Waals surface area contributed by atoms with E-state index in [-0.39, 0.29) is 6.61 Å². The van der Waals surface area contributed by atoms with Gasteiger partial charge in [0.15, 0.2) is 5.41 Å². The van der Waals surface area contributed by atoms with Crippen molar-refractivity contribution < 1.29 is 19.4 Å². The molecular formula is C12H22O4. The number of rotatable bonds is 7. The summed E-state index contributed by atoms with van der Waals surface area (Å²) in [5, 5.41) is 9.09. The first-order valence-electron chi connectivity index (χ1n) is 5.75. The number of hydrogen-bond acceptors (Lipinski definition) is 3. The van der Waals surface area contributed by atoms with E-state index >= 15 is 0 Å². The van der Waals surface area contributed by atoms with Crippen LogP contribution in [-0.2, 0) is 14.3 Å². The van der Waals surface area contributed by atoms with E-state index in [1.54, 1.807) is 6.92 Å². The molecule has 0 saturated carbocycles. The lowest BCUT2D eigenvalue weighted by Gasteiger charge is -2.22. The van der Waals surface area contributed by atoms with E-state index in [2.05, 4.69) is 13.8 Å². The smallest absolute Gasteiger partial charge is 0.323 e. The Bertz CT molecular complexity index is 247. The summed E-state index contributed by atoms with van der Waals surface area (Å²) >= 11 is 0. The first kappa shape index (κ1) is 14.9. The Hall–Kier alpha value is -1.06. The first-order valence-corrected chi connectivity index (χ1v) is 5.75. The van der Waals surface area contributed by atoms with Crippen molar-refractivity contribution in [2.75, 3.05) is 6.61 Å². The predicted octanol–water partition coefficient (Wildman–Crippen LogP) is 2.47. The van der Waals surface area contributed by atoms with Crippen LogP contribution in [0, 0.1) is 11.3 Å². The minimum atomic E-state index is -1.40. The molecule has 0 rings (SSSR count). The molecule has 0 radical (unpaired) electrons. The second-order valence-electron chi connectivity index (χ2n) is 4.64. The third-order valence-electron chi connectivity index (χ3n) is 2.66. The molecule has 1 N–H and O–H groups in total. The molecule has 0 aliphatic carbocycles. The maximum Gasteiger partial charge on any atom is 0.323 e. The highest BCUT2D eigenvalue weighted by Gasteiger charge is 2.42. The van der Waals surface area contributed by atoms with Crippen molar-refractivity contribution in [2.24, 2.45) is 11.3 Å². The molecule has 0 aromatic heterocycles. The molecule has 4 heteroatoms. The van der Waals surface area contributed by atoms with E-state index in [1.165, 1.54) is 6.92 Å². The van der Waals surface area contributed by atoms with Crippen molar-refractivity contribution in [3.05, 3.63) is 0 Å². The summed E-state index contributed by atoms with van der Waals surface area (Å²) in [7, 11) is 0. The maximum atomic E-state index is 11.6. The zero-order chi connectivity index (χ0) is 12.8. The lowest BCUT2D eigenvalue weighted by atomic mass is 9.84. The van der Waals surface area contributed by atoms with Gasteiger partial charge in [0.05, 0.1) is 6.61 Å². The monoisotopic (exact) mass is 230 g/mol. The van der Waals surface area contributed by atoms with E-state index in [4.69, 9.17) is 9.84 Å². The molecule has 0 spiro atoms. The van der Waals surface area contributed by atoms with Gasteiger partial charge in [0.25, 0.3) is 0 Å². The molecule has 0 aromatic rings. The quantitative estimate of drug-likeness (QED) is 0.539. The molecule has 0 saturated heterocycles. The summed E-state index contributed by atoms with van der Waals surface area (Å²) in [5.41, 5.74) is -1.40. The van der Waals surface area contributed by atoms with Crippen molar-refractivity contribution in [1.82, 2.24) is 0 Å². The largest absolute Gasteiger partial charge is 0.480 e. The average Bonchev–Trinajstić information content (AvgIpc) is 2.16. The number of carboxylic acid groups (broad SMARTS) is 1. The molecule has 0 bridgehead atoms. The second kappa shape index (κ2) is 6.51. The van der Waals surface area contributed by atoms with Gasteiger partial charge < -0.3 is 9.84 Å². The second-order valence-corrected chi connectivity index (χ2v) is 4.64. The summed E-state index contributed by atoms with van der Waals surface area (Å²) in [6.45, 7) is 7.47. The fraction of sp³-hybridized carbons (Fsp3) is 0.833. The van der Waals surface area contributed by atoms with Crippen LogP contribution in [0.25, 0.3) is 0 Å². The Morgan fingerprint density at radius 2 is 1.94 bits per heavy atom. The predicted molar refractivity (Wildman–Crippen MR) is 61.1 cm³/mol. The summed E-state index contributed by atoms with van der Waals surface area (Å²) < 4.78 is 4.81. The number of carbonyl (C=O) groups is 2. The van der Waals surface area contributed by atoms with Gasteiger partial charge in [-0.15, -0.1) is 0 Å². The molecule has 4 nitrogen and oxygen atoms in total. The number of ether oxygens (including phenoxy) is 1. The van der Waals surface area contributed by atoms with Crippen LogP contribution >= 0.6 is 0 Å². The third kappa shape index (κ3) is 4.21. The molecule has 0 fully saturated rings. The van der Waals surface area contributed by atoms with E-state index in [0.717, 1.165) is 12.8 Å². The Balaban J connectivity index is 4.45. The molecule has 0 aromatic carbocycles. The third-order valence-corrected chi connectivity index (χ3v) is 2.66. The van der Waals surface area contributed by atoms with E-state index in [0.29, 0.717) is 12.3 Å². The fourth-order valence-corrected chi connectivity index (χ4v) is 1.45. The topological polar surface area (TPSA) is 63.6 Å². The molecule has 1 atom stereocenters. The molecule has 94 valence electrons. The van der Waals surface area contributed by atoms with Gasteiger partial charge in [-0.1, -0.05) is 26.7 Å².